The van der Waals surface area contributed by atoms with E-state index in [1.54, 1.807) is 24.3 Å². The SMILES string of the molecule is CC(NC(=O)C1(C)CCCNC1)c1ccc(S(C)(=O)=O)cc1.Cl. The number of carbonyl (C=O) groups is 1. The summed E-state index contributed by atoms with van der Waals surface area (Å²) in [5.41, 5.74) is 0.521. The Morgan fingerprint density at radius 3 is 2.39 bits per heavy atom. The number of sulfone groups is 1. The fourth-order valence-corrected chi connectivity index (χ4v) is 3.34. The molecule has 0 bridgehead atoms. The molecule has 1 aliphatic rings. The van der Waals surface area contributed by atoms with Gasteiger partial charge in [0.25, 0.3) is 0 Å². The first-order valence-corrected chi connectivity index (χ1v) is 9.43. The average Bonchev–Trinajstić information content (AvgIpc) is 2.47. The van der Waals surface area contributed by atoms with E-state index >= 15 is 0 Å². The highest BCUT2D eigenvalue weighted by Crippen LogP contribution is 2.27. The third-order valence-corrected chi connectivity index (χ3v) is 5.43. The van der Waals surface area contributed by atoms with Gasteiger partial charge < -0.3 is 10.6 Å². The largest absolute Gasteiger partial charge is 0.349 e. The molecule has 1 fully saturated rings. The summed E-state index contributed by atoms with van der Waals surface area (Å²) in [6, 6.07) is 6.51. The molecule has 1 saturated heterocycles. The molecule has 2 rings (SSSR count). The van der Waals surface area contributed by atoms with Crippen molar-refractivity contribution in [2.45, 2.75) is 37.6 Å². The quantitative estimate of drug-likeness (QED) is 0.862. The standard InChI is InChI=1S/C16H24N2O3S.ClH/c1-12(13-5-7-14(8-6-13)22(3,20)21)18-15(19)16(2)9-4-10-17-11-16;/h5-8,12,17H,4,9-11H2,1-3H3,(H,18,19);1H. The van der Waals surface area contributed by atoms with Gasteiger partial charge in [-0.2, -0.15) is 0 Å². The minimum absolute atomic E-state index is 0. The maximum atomic E-state index is 12.5. The molecule has 0 aromatic heterocycles. The van der Waals surface area contributed by atoms with Crippen LogP contribution in [0.3, 0.4) is 0 Å². The van der Waals surface area contributed by atoms with E-state index in [9.17, 15) is 13.2 Å². The molecule has 7 heteroatoms. The molecule has 1 aliphatic heterocycles. The number of piperidine rings is 1. The second-order valence-corrected chi connectivity index (χ2v) is 8.39. The number of halogens is 1. The van der Waals surface area contributed by atoms with Crippen molar-refractivity contribution in [2.24, 2.45) is 5.41 Å². The molecule has 2 N–H and O–H groups in total. The summed E-state index contributed by atoms with van der Waals surface area (Å²) < 4.78 is 22.9. The fourth-order valence-electron chi connectivity index (χ4n) is 2.71. The van der Waals surface area contributed by atoms with E-state index in [4.69, 9.17) is 0 Å². The van der Waals surface area contributed by atoms with Crippen molar-refractivity contribution < 1.29 is 13.2 Å². The van der Waals surface area contributed by atoms with Crippen LogP contribution in [-0.2, 0) is 14.6 Å². The molecule has 1 aromatic carbocycles. The minimum atomic E-state index is -3.19. The van der Waals surface area contributed by atoms with E-state index in [-0.39, 0.29) is 29.8 Å². The number of hydrogen-bond acceptors (Lipinski definition) is 4. The normalized spacial score (nSPS) is 22.7. The van der Waals surface area contributed by atoms with Gasteiger partial charge >= 0.3 is 0 Å². The van der Waals surface area contributed by atoms with Gasteiger partial charge in [0.1, 0.15) is 0 Å². The highest BCUT2D eigenvalue weighted by Gasteiger charge is 2.35. The van der Waals surface area contributed by atoms with Gasteiger partial charge in [-0.15, -0.1) is 12.4 Å². The van der Waals surface area contributed by atoms with Crippen molar-refractivity contribution in [1.29, 1.82) is 0 Å². The Bertz CT molecular complexity index is 638. The highest BCUT2D eigenvalue weighted by atomic mass is 35.5. The van der Waals surface area contributed by atoms with Crippen LogP contribution in [0.25, 0.3) is 0 Å². The predicted octanol–water partition coefficient (Wildman–Crippen LogP) is 2.08. The average molecular weight is 361 g/mol. The Balaban J connectivity index is 0.00000264. The Morgan fingerprint density at radius 1 is 1.30 bits per heavy atom. The molecule has 5 nitrogen and oxygen atoms in total. The topological polar surface area (TPSA) is 75.3 Å². The molecule has 1 amide bonds. The van der Waals surface area contributed by atoms with Crippen molar-refractivity contribution in [3.05, 3.63) is 29.8 Å². The Labute approximate surface area is 144 Å². The summed E-state index contributed by atoms with van der Waals surface area (Å²) in [5, 5.41) is 6.30. The molecule has 130 valence electrons. The van der Waals surface area contributed by atoms with Crippen molar-refractivity contribution in [1.82, 2.24) is 10.6 Å². The zero-order valence-corrected chi connectivity index (χ0v) is 15.4. The van der Waals surface area contributed by atoms with E-state index < -0.39 is 9.84 Å². The molecule has 1 heterocycles. The smallest absolute Gasteiger partial charge is 0.227 e. The summed E-state index contributed by atoms with van der Waals surface area (Å²) >= 11 is 0. The maximum Gasteiger partial charge on any atom is 0.227 e. The van der Waals surface area contributed by atoms with Gasteiger partial charge in [-0.3, -0.25) is 4.79 Å². The first kappa shape index (κ1) is 19.9. The molecule has 0 aliphatic carbocycles. The van der Waals surface area contributed by atoms with Crippen LogP contribution in [0.1, 0.15) is 38.3 Å². The molecule has 2 unspecified atom stereocenters. The van der Waals surface area contributed by atoms with Gasteiger partial charge in [0.05, 0.1) is 16.4 Å². The van der Waals surface area contributed by atoms with Gasteiger partial charge in [-0.25, -0.2) is 8.42 Å². The summed E-state index contributed by atoms with van der Waals surface area (Å²) in [7, 11) is -3.19. The first-order valence-electron chi connectivity index (χ1n) is 7.54. The summed E-state index contributed by atoms with van der Waals surface area (Å²) in [4.78, 5) is 12.8. The molecule has 23 heavy (non-hydrogen) atoms. The van der Waals surface area contributed by atoms with Crippen LogP contribution in [0.15, 0.2) is 29.2 Å². The van der Waals surface area contributed by atoms with Gasteiger partial charge in [0.15, 0.2) is 9.84 Å². The molecule has 0 radical (unpaired) electrons. The number of hydrogen-bond donors (Lipinski definition) is 2. The lowest BCUT2D eigenvalue weighted by Gasteiger charge is -2.33. The van der Waals surface area contributed by atoms with Crippen LogP contribution < -0.4 is 10.6 Å². The number of nitrogens with one attached hydrogen (secondary N) is 2. The maximum absolute atomic E-state index is 12.5. The van der Waals surface area contributed by atoms with Crippen LogP contribution in [0.2, 0.25) is 0 Å². The van der Waals surface area contributed by atoms with Crippen LogP contribution in [0.5, 0.6) is 0 Å². The van der Waals surface area contributed by atoms with E-state index in [0.29, 0.717) is 11.4 Å². The van der Waals surface area contributed by atoms with Gasteiger partial charge in [0.2, 0.25) is 5.91 Å². The summed E-state index contributed by atoms with van der Waals surface area (Å²) in [5.74, 6) is 0.0411. The number of amides is 1. The summed E-state index contributed by atoms with van der Waals surface area (Å²) in [6.45, 7) is 5.55. The Morgan fingerprint density at radius 2 is 1.91 bits per heavy atom. The van der Waals surface area contributed by atoms with Crippen LogP contribution in [0, 0.1) is 5.41 Å². The van der Waals surface area contributed by atoms with Crippen molar-refractivity contribution in [3.63, 3.8) is 0 Å². The number of carbonyl (C=O) groups excluding carboxylic acids is 1. The number of rotatable bonds is 4. The fraction of sp³-hybridized carbons (Fsp3) is 0.562. The van der Waals surface area contributed by atoms with E-state index in [2.05, 4.69) is 10.6 Å². The van der Waals surface area contributed by atoms with E-state index in [1.165, 1.54) is 6.26 Å². The lowest BCUT2D eigenvalue weighted by molar-refractivity contribution is -0.131. The van der Waals surface area contributed by atoms with Gasteiger partial charge in [0, 0.05) is 12.8 Å². The predicted molar refractivity (Wildman–Crippen MR) is 93.6 cm³/mol. The van der Waals surface area contributed by atoms with Gasteiger partial charge in [-0.1, -0.05) is 12.1 Å². The lowest BCUT2D eigenvalue weighted by atomic mass is 9.81. The first-order chi connectivity index (χ1) is 10.2. The third kappa shape index (κ3) is 4.93. The molecular formula is C16H25ClN2O3S. The van der Waals surface area contributed by atoms with Crippen molar-refractivity contribution in [3.8, 4) is 0 Å². The number of benzene rings is 1. The molecule has 0 saturated carbocycles. The van der Waals surface area contributed by atoms with Crippen LogP contribution in [-0.4, -0.2) is 33.7 Å². The molecular weight excluding hydrogens is 336 g/mol. The van der Waals surface area contributed by atoms with Crippen LogP contribution in [0.4, 0.5) is 0 Å². The minimum Gasteiger partial charge on any atom is -0.349 e. The van der Waals surface area contributed by atoms with E-state index in [0.717, 1.165) is 24.9 Å². The highest BCUT2D eigenvalue weighted by molar-refractivity contribution is 7.90. The third-order valence-electron chi connectivity index (χ3n) is 4.30. The Hall–Kier alpha value is -1.11. The van der Waals surface area contributed by atoms with Crippen LogP contribution >= 0.6 is 12.4 Å². The van der Waals surface area contributed by atoms with Crippen molar-refractivity contribution >= 4 is 28.2 Å². The van der Waals surface area contributed by atoms with E-state index in [1.807, 2.05) is 13.8 Å². The molecule has 2 atom stereocenters. The van der Waals surface area contributed by atoms with Crippen molar-refractivity contribution in [2.75, 3.05) is 19.3 Å². The zero-order valence-electron chi connectivity index (χ0n) is 13.8. The molecule has 0 spiro atoms. The lowest BCUT2D eigenvalue weighted by Crippen LogP contribution is -2.49. The summed E-state index contributed by atoms with van der Waals surface area (Å²) in [6.07, 6.45) is 3.07. The molecule has 1 aromatic rings. The second-order valence-electron chi connectivity index (χ2n) is 6.38. The zero-order chi connectivity index (χ0) is 16.4. The monoisotopic (exact) mass is 360 g/mol. The van der Waals surface area contributed by atoms with Gasteiger partial charge in [-0.05, 0) is 50.9 Å². The second kappa shape index (κ2) is 7.64. The Kier molecular flexibility index (Phi) is 6.62.